The predicted octanol–water partition coefficient (Wildman–Crippen LogP) is 13.5. The standard InChI is InChI=1S/C49H34N4S/c1-29-22-23-34-35(24-29)32-18-10-11-19-33(32)36-25-38-39-26-41-43(28-45(39)54-44(38)27-37(34)36)53(42-21-13-12-20-40(42)49(41,2)3)48-51-46(30-14-6-4-7-15-30)50-47(52-48)31-16-8-5-9-17-31/h4-28H,1-3H3. The fourth-order valence-corrected chi connectivity index (χ4v) is 9.78. The summed E-state index contributed by atoms with van der Waals surface area (Å²) in [4.78, 5) is 17.7. The maximum Gasteiger partial charge on any atom is 0.238 e. The van der Waals surface area contributed by atoms with Crippen LogP contribution in [0.3, 0.4) is 0 Å². The number of thiophene rings is 1. The van der Waals surface area contributed by atoms with Crippen LogP contribution >= 0.6 is 11.3 Å². The Hall–Kier alpha value is -6.43. The van der Waals surface area contributed by atoms with Gasteiger partial charge in [0.2, 0.25) is 5.95 Å². The molecule has 10 aromatic rings. The number of aryl methyl sites for hydroxylation is 1. The molecule has 0 saturated heterocycles. The van der Waals surface area contributed by atoms with E-state index in [1.807, 2.05) is 47.7 Å². The van der Waals surface area contributed by atoms with E-state index in [9.17, 15) is 0 Å². The van der Waals surface area contributed by atoms with Crippen LogP contribution in [0, 0.1) is 6.92 Å². The van der Waals surface area contributed by atoms with Crippen LogP contribution in [0.25, 0.3) is 75.3 Å². The van der Waals surface area contributed by atoms with Crippen molar-refractivity contribution in [3.8, 4) is 22.8 Å². The third-order valence-corrected chi connectivity index (χ3v) is 12.4. The molecule has 1 aliphatic heterocycles. The second-order valence-corrected chi connectivity index (χ2v) is 16.0. The van der Waals surface area contributed by atoms with Gasteiger partial charge in [-0.25, -0.2) is 4.98 Å². The lowest BCUT2D eigenvalue weighted by Crippen LogP contribution is -2.31. The Balaban J connectivity index is 1.20. The van der Waals surface area contributed by atoms with Crippen molar-refractivity contribution < 1.29 is 0 Å². The third kappa shape index (κ3) is 4.58. The van der Waals surface area contributed by atoms with Gasteiger partial charge in [-0.1, -0.05) is 141 Å². The molecule has 54 heavy (non-hydrogen) atoms. The molecule has 0 fully saturated rings. The molecule has 0 amide bonds. The van der Waals surface area contributed by atoms with Crippen molar-refractivity contribution in [1.82, 2.24) is 15.0 Å². The van der Waals surface area contributed by atoms with Crippen LogP contribution in [0.2, 0.25) is 0 Å². The van der Waals surface area contributed by atoms with Crippen molar-refractivity contribution in [2.75, 3.05) is 4.90 Å². The molecule has 11 rings (SSSR count). The largest absolute Gasteiger partial charge is 0.278 e. The minimum atomic E-state index is -0.278. The molecule has 5 heteroatoms. The third-order valence-electron chi connectivity index (χ3n) is 11.3. The average Bonchev–Trinajstić information content (AvgIpc) is 3.57. The fourth-order valence-electron chi connectivity index (χ4n) is 8.64. The van der Waals surface area contributed by atoms with Crippen molar-refractivity contribution in [2.45, 2.75) is 26.2 Å². The van der Waals surface area contributed by atoms with E-state index < -0.39 is 0 Å². The van der Waals surface area contributed by atoms with Crippen molar-refractivity contribution >= 4 is 81.1 Å². The molecule has 0 aliphatic carbocycles. The number of anilines is 3. The molecule has 8 aromatic carbocycles. The molecule has 3 heterocycles. The molecular formula is C49H34N4S. The summed E-state index contributed by atoms with van der Waals surface area (Å²) in [6, 6.07) is 54.6. The van der Waals surface area contributed by atoms with Crippen molar-refractivity contribution in [1.29, 1.82) is 0 Å². The smallest absolute Gasteiger partial charge is 0.238 e. The van der Waals surface area contributed by atoms with Crippen molar-refractivity contribution in [3.63, 3.8) is 0 Å². The first-order chi connectivity index (χ1) is 26.4. The molecule has 1 aliphatic rings. The van der Waals surface area contributed by atoms with Crippen molar-refractivity contribution in [2.24, 2.45) is 0 Å². The molecule has 0 atom stereocenters. The van der Waals surface area contributed by atoms with E-state index in [1.165, 1.54) is 69.2 Å². The van der Waals surface area contributed by atoms with Crippen LogP contribution in [-0.4, -0.2) is 15.0 Å². The van der Waals surface area contributed by atoms with Gasteiger partial charge in [-0.15, -0.1) is 11.3 Å². The van der Waals surface area contributed by atoms with Gasteiger partial charge in [0.15, 0.2) is 11.6 Å². The number of aromatic nitrogens is 3. The van der Waals surface area contributed by atoms with Crippen LogP contribution in [-0.2, 0) is 5.41 Å². The molecular weight excluding hydrogens is 677 g/mol. The lowest BCUT2D eigenvalue weighted by molar-refractivity contribution is 0.631. The van der Waals surface area contributed by atoms with Gasteiger partial charge in [0.25, 0.3) is 0 Å². The van der Waals surface area contributed by atoms with Gasteiger partial charge in [0.1, 0.15) is 0 Å². The summed E-state index contributed by atoms with van der Waals surface area (Å²) in [7, 11) is 0. The molecule has 0 saturated carbocycles. The molecule has 0 N–H and O–H groups in total. The molecule has 0 unspecified atom stereocenters. The molecule has 0 radical (unpaired) electrons. The Bertz CT molecular complexity index is 3090. The van der Waals surface area contributed by atoms with E-state index in [0.29, 0.717) is 17.6 Å². The van der Waals surface area contributed by atoms with Gasteiger partial charge in [0.05, 0.1) is 11.4 Å². The number of para-hydroxylation sites is 1. The average molecular weight is 711 g/mol. The van der Waals surface area contributed by atoms with E-state index >= 15 is 0 Å². The Labute approximate surface area is 317 Å². The van der Waals surface area contributed by atoms with E-state index in [2.05, 4.69) is 141 Å². The van der Waals surface area contributed by atoms with Gasteiger partial charge in [-0.2, -0.15) is 9.97 Å². The lowest BCUT2D eigenvalue weighted by atomic mass is 9.73. The summed E-state index contributed by atoms with van der Waals surface area (Å²) in [5, 5.41) is 10.4. The highest BCUT2D eigenvalue weighted by Gasteiger charge is 2.38. The molecule has 4 nitrogen and oxygen atoms in total. The maximum atomic E-state index is 5.23. The summed E-state index contributed by atoms with van der Waals surface area (Å²) >= 11 is 1.87. The monoisotopic (exact) mass is 710 g/mol. The first-order valence-electron chi connectivity index (χ1n) is 18.4. The first-order valence-corrected chi connectivity index (χ1v) is 19.3. The van der Waals surface area contributed by atoms with Gasteiger partial charge in [-0.3, -0.25) is 4.90 Å². The first kappa shape index (κ1) is 31.1. The number of hydrogen-bond acceptors (Lipinski definition) is 5. The molecule has 256 valence electrons. The van der Waals surface area contributed by atoms with E-state index in [1.54, 1.807) is 0 Å². The maximum absolute atomic E-state index is 5.23. The van der Waals surface area contributed by atoms with Gasteiger partial charge in [-0.05, 0) is 80.7 Å². The van der Waals surface area contributed by atoms with Gasteiger partial charge in [0, 0.05) is 36.7 Å². The number of rotatable bonds is 3. The zero-order valence-electron chi connectivity index (χ0n) is 30.1. The number of fused-ring (bicyclic) bond motifs is 11. The number of nitrogens with zero attached hydrogens (tertiary/aromatic N) is 4. The highest BCUT2D eigenvalue weighted by Crippen LogP contribution is 2.54. The number of hydrogen-bond donors (Lipinski definition) is 0. The van der Waals surface area contributed by atoms with Crippen molar-refractivity contribution in [3.05, 3.63) is 168 Å². The quantitative estimate of drug-likeness (QED) is 0.171. The van der Waals surface area contributed by atoms with E-state index in [4.69, 9.17) is 15.0 Å². The zero-order chi connectivity index (χ0) is 36.1. The topological polar surface area (TPSA) is 41.9 Å². The Morgan fingerprint density at radius 1 is 0.444 bits per heavy atom. The highest BCUT2D eigenvalue weighted by molar-refractivity contribution is 7.26. The second-order valence-electron chi connectivity index (χ2n) is 14.9. The fraction of sp³-hybridized carbons (Fsp3) is 0.0816. The zero-order valence-corrected chi connectivity index (χ0v) is 30.9. The van der Waals surface area contributed by atoms with E-state index in [0.717, 1.165) is 22.5 Å². The van der Waals surface area contributed by atoms with Crippen LogP contribution < -0.4 is 4.90 Å². The summed E-state index contributed by atoms with van der Waals surface area (Å²) in [5.74, 6) is 1.89. The molecule has 0 bridgehead atoms. The van der Waals surface area contributed by atoms with Crippen LogP contribution in [0.4, 0.5) is 17.3 Å². The second kappa shape index (κ2) is 11.5. The van der Waals surface area contributed by atoms with Gasteiger partial charge >= 0.3 is 0 Å². The highest BCUT2D eigenvalue weighted by atomic mass is 32.1. The normalized spacial score (nSPS) is 13.6. The van der Waals surface area contributed by atoms with Crippen LogP contribution in [0.15, 0.2) is 152 Å². The van der Waals surface area contributed by atoms with Gasteiger partial charge < -0.3 is 0 Å². The Morgan fingerprint density at radius 2 is 1.00 bits per heavy atom. The molecule has 2 aromatic heterocycles. The van der Waals surface area contributed by atoms with Crippen LogP contribution in [0.1, 0.15) is 30.5 Å². The summed E-state index contributed by atoms with van der Waals surface area (Å²) < 4.78 is 2.53. The molecule has 0 spiro atoms. The van der Waals surface area contributed by atoms with Crippen LogP contribution in [0.5, 0.6) is 0 Å². The minimum absolute atomic E-state index is 0.278. The Kier molecular flexibility index (Phi) is 6.65. The Morgan fingerprint density at radius 3 is 1.70 bits per heavy atom. The van der Waals surface area contributed by atoms with E-state index in [-0.39, 0.29) is 5.41 Å². The lowest BCUT2D eigenvalue weighted by Gasteiger charge is -2.41. The SMILES string of the molecule is Cc1ccc2c(c1)c1ccccc1c1cc3c(cc21)sc1cc2c(cc13)C(C)(C)c1ccccc1N2c1nc(-c2ccccc2)nc(-c2ccccc2)n1. The minimum Gasteiger partial charge on any atom is -0.278 e. The summed E-state index contributed by atoms with van der Waals surface area (Å²) in [6.45, 7) is 6.87. The summed E-state index contributed by atoms with van der Waals surface area (Å²) in [6.07, 6.45) is 0. The predicted molar refractivity (Wildman–Crippen MR) is 228 cm³/mol. The summed E-state index contributed by atoms with van der Waals surface area (Å²) in [5.41, 5.74) is 7.56. The number of benzene rings is 8.